The third-order valence-corrected chi connectivity index (χ3v) is 8.95. The second-order valence-electron chi connectivity index (χ2n) is 11.0. The molecule has 2 N–H and O–H groups in total. The van der Waals surface area contributed by atoms with Gasteiger partial charge in [0.05, 0.1) is 29.0 Å². The van der Waals surface area contributed by atoms with E-state index in [2.05, 4.69) is 15.4 Å². The molecule has 1 aromatic heterocycles. The van der Waals surface area contributed by atoms with E-state index in [4.69, 9.17) is 25.4 Å². The maximum absolute atomic E-state index is 15.1. The van der Waals surface area contributed by atoms with Crippen molar-refractivity contribution in [1.29, 1.82) is 0 Å². The summed E-state index contributed by atoms with van der Waals surface area (Å²) in [5, 5.41) is 6.83. The Morgan fingerprint density at radius 3 is 2.73 bits per heavy atom. The molecule has 0 spiro atoms. The third kappa shape index (κ3) is 6.04. The number of aromatic nitrogens is 1. The van der Waals surface area contributed by atoms with Crippen molar-refractivity contribution in [1.82, 2.24) is 10.5 Å². The highest BCUT2D eigenvalue weighted by molar-refractivity contribution is 7.79. The summed E-state index contributed by atoms with van der Waals surface area (Å²) in [5.74, 6) is -0.246. The quantitative estimate of drug-likeness (QED) is 0.276. The number of halogens is 3. The topological polar surface area (TPSA) is 105 Å². The van der Waals surface area contributed by atoms with Crippen molar-refractivity contribution in [2.45, 2.75) is 63.2 Å². The number of amides is 1. The van der Waals surface area contributed by atoms with Crippen LogP contribution in [0.5, 0.6) is 0 Å². The van der Waals surface area contributed by atoms with Crippen LogP contribution in [-0.2, 0) is 33.6 Å². The molecule has 1 saturated heterocycles. The van der Waals surface area contributed by atoms with Crippen LogP contribution < -0.4 is 10.2 Å². The van der Waals surface area contributed by atoms with Gasteiger partial charge < -0.3 is 24.0 Å². The van der Waals surface area contributed by atoms with E-state index in [-0.39, 0.29) is 65.2 Å². The van der Waals surface area contributed by atoms with Gasteiger partial charge in [-0.05, 0) is 61.9 Å². The molecule has 2 saturated carbocycles. The van der Waals surface area contributed by atoms with Crippen molar-refractivity contribution < 1.29 is 31.6 Å². The summed E-state index contributed by atoms with van der Waals surface area (Å²) in [6.45, 7) is 0.908. The first-order valence-corrected chi connectivity index (χ1v) is 15.4. The first-order chi connectivity index (χ1) is 19.8. The number of carbonyl (C=O) groups excluding carboxylic acids is 1. The predicted molar refractivity (Wildman–Crippen MR) is 150 cm³/mol. The number of anilines is 1. The number of hydrogen-bond acceptors (Lipinski definition) is 6. The lowest BCUT2D eigenvalue weighted by molar-refractivity contribution is -0.120. The molecule has 1 aliphatic heterocycles. The molecule has 3 aliphatic rings. The van der Waals surface area contributed by atoms with Crippen LogP contribution in [-0.4, -0.2) is 44.4 Å². The summed E-state index contributed by atoms with van der Waals surface area (Å²) >= 11 is 4.24. The molecule has 2 heterocycles. The Kier molecular flexibility index (Phi) is 8.13. The Morgan fingerprint density at radius 2 is 2.05 bits per heavy atom. The lowest BCUT2D eigenvalue weighted by Crippen LogP contribution is -2.39. The third-order valence-electron chi connectivity index (χ3n) is 8.24. The van der Waals surface area contributed by atoms with Crippen molar-refractivity contribution in [3.63, 3.8) is 0 Å². The van der Waals surface area contributed by atoms with Gasteiger partial charge in [-0.3, -0.25) is 4.79 Å². The highest BCUT2D eigenvalue weighted by Gasteiger charge is 2.46. The van der Waals surface area contributed by atoms with Crippen LogP contribution in [0.4, 0.5) is 14.5 Å². The summed E-state index contributed by atoms with van der Waals surface area (Å²) in [6.07, 6.45) is 4.05. The number of aryl methyl sites for hydroxylation is 1. The summed E-state index contributed by atoms with van der Waals surface area (Å²) in [6, 6.07) is 9.71. The number of nitrogens with zero attached hydrogens (tertiary/aromatic N) is 2. The highest BCUT2D eigenvalue weighted by atomic mass is 35.5. The monoisotopic (exact) mass is 605 g/mol. The zero-order valence-corrected chi connectivity index (χ0v) is 23.7. The minimum atomic E-state index is -2.10. The van der Waals surface area contributed by atoms with Crippen LogP contribution in [0.15, 0.2) is 40.9 Å². The minimum absolute atomic E-state index is 0.0174. The van der Waals surface area contributed by atoms with Crippen molar-refractivity contribution >= 4 is 34.3 Å². The molecule has 41 heavy (non-hydrogen) atoms. The SMILES string of the molecule is O=C(CCc1ccc(N2C[C@@H]3C[C@H]2C[C@H]3OCc2c(-c3c(F)cccc3Cl)noc2C2CC2)c(F)c1)NCS(=O)O. The maximum atomic E-state index is 15.1. The summed E-state index contributed by atoms with van der Waals surface area (Å²) in [5.41, 5.74) is 2.58. The fourth-order valence-corrected chi connectivity index (χ4v) is 6.61. The molecule has 12 heteroatoms. The number of ether oxygens (including phenoxy) is 1. The zero-order valence-electron chi connectivity index (χ0n) is 22.2. The summed E-state index contributed by atoms with van der Waals surface area (Å²) in [4.78, 5) is 13.9. The average molecular weight is 606 g/mol. The molecular weight excluding hydrogens is 576 g/mol. The van der Waals surface area contributed by atoms with E-state index < -0.39 is 16.9 Å². The zero-order chi connectivity index (χ0) is 28.7. The molecule has 1 amide bonds. The minimum Gasteiger partial charge on any atom is -0.373 e. The maximum Gasteiger partial charge on any atom is 0.221 e. The van der Waals surface area contributed by atoms with E-state index in [9.17, 15) is 13.4 Å². The van der Waals surface area contributed by atoms with E-state index in [1.165, 1.54) is 12.1 Å². The van der Waals surface area contributed by atoms with Crippen molar-refractivity contribution in [2.24, 2.45) is 5.92 Å². The van der Waals surface area contributed by atoms with Crippen LogP contribution >= 0.6 is 11.6 Å². The van der Waals surface area contributed by atoms with E-state index >= 15 is 4.39 Å². The van der Waals surface area contributed by atoms with Gasteiger partial charge in [-0.25, -0.2) is 13.0 Å². The average Bonchev–Trinajstić information content (AvgIpc) is 3.39. The molecule has 4 atom stereocenters. The fourth-order valence-electron chi connectivity index (χ4n) is 6.07. The van der Waals surface area contributed by atoms with E-state index in [0.29, 0.717) is 29.9 Å². The van der Waals surface area contributed by atoms with Crippen molar-refractivity contribution in [3.8, 4) is 11.3 Å². The molecule has 2 aliphatic carbocycles. The Morgan fingerprint density at radius 1 is 1.22 bits per heavy atom. The first-order valence-electron chi connectivity index (χ1n) is 13.7. The standard InChI is InChI=1S/C29H30ClF2N3O5S/c30-21-2-1-3-22(31)27(21)28-20(29(40-34-28)17-6-7-17)14-39-25-12-19-11-18(25)13-35(19)24-8-4-16(10-23(24)32)5-9-26(36)33-15-41(37)38/h1-4,8,10,17-19,25H,5-7,9,11-15H2,(H,33,36)(H,37,38)/t18-,19-,25+/m0/s1. The van der Waals surface area contributed by atoms with Crippen molar-refractivity contribution in [2.75, 3.05) is 17.3 Å². The van der Waals surface area contributed by atoms with Crippen LogP contribution in [0.2, 0.25) is 5.02 Å². The van der Waals surface area contributed by atoms with Gasteiger partial charge in [0.2, 0.25) is 5.91 Å². The Bertz CT molecular complexity index is 1460. The molecular formula is C29H30ClF2N3O5S. The van der Waals surface area contributed by atoms with Gasteiger partial charge >= 0.3 is 0 Å². The molecule has 218 valence electrons. The highest BCUT2D eigenvalue weighted by Crippen LogP contribution is 2.47. The van der Waals surface area contributed by atoms with Crippen LogP contribution in [0.1, 0.15) is 54.9 Å². The molecule has 6 rings (SSSR count). The second-order valence-corrected chi connectivity index (χ2v) is 12.3. The summed E-state index contributed by atoms with van der Waals surface area (Å²) < 4.78 is 61.4. The van der Waals surface area contributed by atoms with Gasteiger partial charge in [-0.2, -0.15) is 0 Å². The largest absolute Gasteiger partial charge is 0.373 e. The number of rotatable bonds is 11. The van der Waals surface area contributed by atoms with Gasteiger partial charge in [0.15, 0.2) is 11.1 Å². The number of fused-ring (bicyclic) bond motifs is 2. The van der Waals surface area contributed by atoms with Gasteiger partial charge in [0, 0.05) is 36.4 Å². The van der Waals surface area contributed by atoms with Gasteiger partial charge in [0.25, 0.3) is 0 Å². The van der Waals surface area contributed by atoms with Crippen LogP contribution in [0, 0.1) is 17.6 Å². The molecule has 3 fully saturated rings. The Balaban J connectivity index is 1.08. The number of carbonyl (C=O) groups is 1. The number of piperidine rings is 1. The fraction of sp³-hybridized carbons (Fsp3) is 0.448. The number of hydrogen-bond donors (Lipinski definition) is 2. The summed E-state index contributed by atoms with van der Waals surface area (Å²) in [7, 11) is 0. The lowest BCUT2D eigenvalue weighted by Gasteiger charge is -2.33. The van der Waals surface area contributed by atoms with Crippen LogP contribution in [0.3, 0.4) is 0 Å². The molecule has 1 unspecified atom stereocenters. The first kappa shape index (κ1) is 28.3. The number of nitrogens with one attached hydrogen (secondary N) is 1. The van der Waals surface area contributed by atoms with E-state index in [0.717, 1.165) is 37.0 Å². The predicted octanol–water partition coefficient (Wildman–Crippen LogP) is 5.56. The van der Waals surface area contributed by atoms with Gasteiger partial charge in [-0.15, -0.1) is 0 Å². The normalized spacial score (nSPS) is 22.3. The van der Waals surface area contributed by atoms with Gasteiger partial charge in [0.1, 0.15) is 29.0 Å². The molecule has 0 radical (unpaired) electrons. The van der Waals surface area contributed by atoms with Crippen molar-refractivity contribution in [3.05, 3.63) is 69.9 Å². The van der Waals surface area contributed by atoms with E-state index in [1.807, 2.05) is 6.07 Å². The Hall–Kier alpha value is -2.86. The second kappa shape index (κ2) is 11.8. The molecule has 2 bridgehead atoms. The Labute approximate surface area is 243 Å². The van der Waals surface area contributed by atoms with Gasteiger partial charge in [-0.1, -0.05) is 28.9 Å². The lowest BCUT2D eigenvalue weighted by atomic mass is 10.0. The molecule has 2 aromatic carbocycles. The van der Waals surface area contributed by atoms with E-state index in [1.54, 1.807) is 18.2 Å². The number of benzene rings is 2. The molecule has 8 nitrogen and oxygen atoms in total. The molecule has 3 aromatic rings. The smallest absolute Gasteiger partial charge is 0.221 e. The van der Waals surface area contributed by atoms with Crippen LogP contribution in [0.25, 0.3) is 11.3 Å².